The SMILES string of the molecule is COc1ccc(NC(=O)C2=c3s/c(=C\c4cccc([N+](=O)[O-])c4)c(=O)n3C(N)=C(C#N)C2c2cccc([N+](=O)[O-])c2)cc1. The van der Waals surface area contributed by atoms with Crippen molar-refractivity contribution in [2.24, 2.45) is 5.73 Å². The van der Waals surface area contributed by atoms with Gasteiger partial charge in [-0.2, -0.15) is 5.26 Å². The van der Waals surface area contributed by atoms with Crippen LogP contribution in [0.4, 0.5) is 17.1 Å². The fourth-order valence-electron chi connectivity index (χ4n) is 4.67. The molecule has 1 aliphatic rings. The Morgan fingerprint density at radius 3 is 2.35 bits per heavy atom. The molecule has 1 aliphatic heterocycles. The van der Waals surface area contributed by atoms with Crippen LogP contribution in [0.5, 0.6) is 5.75 Å². The van der Waals surface area contributed by atoms with Crippen molar-refractivity contribution in [1.29, 1.82) is 5.26 Å². The van der Waals surface area contributed by atoms with E-state index in [1.807, 2.05) is 6.07 Å². The number of benzene rings is 3. The van der Waals surface area contributed by atoms with E-state index in [1.165, 1.54) is 55.7 Å². The zero-order chi connectivity index (χ0) is 30.8. The predicted octanol–water partition coefficient (Wildman–Crippen LogP) is 2.80. The molecule has 43 heavy (non-hydrogen) atoms. The molecule has 3 aromatic carbocycles. The molecule has 14 heteroatoms. The van der Waals surface area contributed by atoms with E-state index in [0.29, 0.717) is 17.0 Å². The molecular formula is C29H20N6O7S. The average Bonchev–Trinajstić information content (AvgIpc) is 3.32. The zero-order valence-electron chi connectivity index (χ0n) is 22.2. The number of methoxy groups -OCH3 is 1. The van der Waals surface area contributed by atoms with E-state index in [-0.39, 0.29) is 43.1 Å². The van der Waals surface area contributed by atoms with Crippen molar-refractivity contribution in [3.63, 3.8) is 0 Å². The monoisotopic (exact) mass is 596 g/mol. The third-order valence-electron chi connectivity index (χ3n) is 6.65. The van der Waals surface area contributed by atoms with Gasteiger partial charge in [0.05, 0.1) is 44.6 Å². The molecule has 2 heterocycles. The summed E-state index contributed by atoms with van der Waals surface area (Å²) in [5.74, 6) is -1.53. The first-order chi connectivity index (χ1) is 20.6. The van der Waals surface area contributed by atoms with Crippen molar-refractivity contribution in [3.8, 4) is 11.8 Å². The van der Waals surface area contributed by atoms with Crippen LogP contribution in [-0.2, 0) is 4.79 Å². The van der Waals surface area contributed by atoms with E-state index in [9.17, 15) is 35.1 Å². The highest BCUT2D eigenvalue weighted by Crippen LogP contribution is 2.37. The summed E-state index contributed by atoms with van der Waals surface area (Å²) in [6.07, 6.45) is 1.42. The van der Waals surface area contributed by atoms with Crippen LogP contribution in [0.2, 0.25) is 0 Å². The number of amides is 1. The van der Waals surface area contributed by atoms with Crippen LogP contribution in [0.25, 0.3) is 17.5 Å². The second-order valence-electron chi connectivity index (χ2n) is 9.20. The largest absolute Gasteiger partial charge is 0.497 e. The van der Waals surface area contributed by atoms with Gasteiger partial charge in [-0.15, -0.1) is 11.3 Å². The van der Waals surface area contributed by atoms with Crippen molar-refractivity contribution >= 4 is 51.8 Å². The Balaban J connectivity index is 1.79. The van der Waals surface area contributed by atoms with Gasteiger partial charge in [-0.05, 0) is 41.5 Å². The minimum Gasteiger partial charge on any atom is -0.497 e. The number of aromatic nitrogens is 1. The number of nitro groups is 2. The number of nitrogens with two attached hydrogens (primary N) is 1. The number of fused-ring (bicyclic) bond motifs is 1. The van der Waals surface area contributed by atoms with E-state index in [1.54, 1.807) is 30.3 Å². The molecule has 1 atom stereocenters. The lowest BCUT2D eigenvalue weighted by Crippen LogP contribution is -2.40. The number of anilines is 1. The van der Waals surface area contributed by atoms with Crippen molar-refractivity contribution < 1.29 is 19.4 Å². The van der Waals surface area contributed by atoms with Crippen LogP contribution in [0.3, 0.4) is 0 Å². The number of nitriles is 1. The number of hydrogen-bond acceptors (Lipinski definition) is 10. The molecule has 1 aromatic heterocycles. The van der Waals surface area contributed by atoms with Gasteiger partial charge in [-0.1, -0.05) is 24.3 Å². The number of non-ortho nitro benzene ring substituents is 2. The highest BCUT2D eigenvalue weighted by atomic mass is 32.1. The van der Waals surface area contributed by atoms with E-state index >= 15 is 0 Å². The number of hydrogen-bond donors (Lipinski definition) is 2. The highest BCUT2D eigenvalue weighted by Gasteiger charge is 2.36. The Morgan fingerprint density at radius 1 is 1.07 bits per heavy atom. The number of carbonyl (C=O) groups excluding carboxylic acids is 1. The number of thiazole rings is 1. The second-order valence-corrected chi connectivity index (χ2v) is 10.2. The second kappa shape index (κ2) is 11.4. The third kappa shape index (κ3) is 5.35. The number of rotatable bonds is 7. The Morgan fingerprint density at radius 2 is 1.72 bits per heavy atom. The third-order valence-corrected chi connectivity index (χ3v) is 7.76. The molecule has 0 bridgehead atoms. The van der Waals surface area contributed by atoms with Crippen molar-refractivity contribution in [2.75, 3.05) is 12.4 Å². The first-order valence-corrected chi connectivity index (χ1v) is 13.3. The lowest BCUT2D eigenvalue weighted by molar-refractivity contribution is -0.385. The van der Waals surface area contributed by atoms with E-state index in [0.717, 1.165) is 15.9 Å². The number of carbonyl (C=O) groups is 1. The normalized spacial score (nSPS) is 14.6. The fraction of sp³-hybridized carbons (Fsp3) is 0.0690. The maximum Gasteiger partial charge on any atom is 0.274 e. The topological polar surface area (TPSA) is 196 Å². The van der Waals surface area contributed by atoms with Gasteiger partial charge in [-0.3, -0.25) is 34.4 Å². The molecule has 0 saturated carbocycles. The molecule has 1 amide bonds. The summed E-state index contributed by atoms with van der Waals surface area (Å²) < 4.78 is 6.39. The molecule has 13 nitrogen and oxygen atoms in total. The molecule has 5 rings (SSSR count). The van der Waals surface area contributed by atoms with Crippen molar-refractivity contribution in [1.82, 2.24) is 4.57 Å². The fourth-order valence-corrected chi connectivity index (χ4v) is 5.85. The van der Waals surface area contributed by atoms with Crippen LogP contribution in [0.1, 0.15) is 17.0 Å². The van der Waals surface area contributed by atoms with E-state index < -0.39 is 27.2 Å². The molecule has 0 fully saturated rings. The summed E-state index contributed by atoms with van der Waals surface area (Å²) in [6, 6.07) is 19.6. The summed E-state index contributed by atoms with van der Waals surface area (Å²) >= 11 is 0.899. The minimum atomic E-state index is -1.16. The van der Waals surface area contributed by atoms with E-state index in [4.69, 9.17) is 10.5 Å². The maximum absolute atomic E-state index is 14.0. The van der Waals surface area contributed by atoms with Crippen LogP contribution >= 0.6 is 11.3 Å². The quantitative estimate of drug-likeness (QED) is 0.238. The van der Waals surface area contributed by atoms with Gasteiger partial charge < -0.3 is 15.8 Å². The highest BCUT2D eigenvalue weighted by molar-refractivity contribution is 7.07. The molecule has 0 aliphatic carbocycles. The van der Waals surface area contributed by atoms with Gasteiger partial charge in [0.1, 0.15) is 16.2 Å². The number of allylic oxidation sites excluding steroid dienone is 1. The van der Waals surface area contributed by atoms with Crippen LogP contribution in [0, 0.1) is 31.6 Å². The van der Waals surface area contributed by atoms with Gasteiger partial charge in [0.2, 0.25) is 0 Å². The standard InChI is InChI=1S/C29H20N6O7S/c1-42-21-10-8-18(9-11-21)32-27(36)25-24(17-5-3-7-20(14-17)35(40)41)22(15-30)26(31)33-28(37)23(43-29(25)33)13-16-4-2-6-19(12-16)34(38)39/h2-14,24H,31H2,1H3,(H,32,36)/b23-13-. The van der Waals surface area contributed by atoms with Crippen molar-refractivity contribution in [2.45, 2.75) is 5.92 Å². The smallest absolute Gasteiger partial charge is 0.274 e. The van der Waals surface area contributed by atoms with Gasteiger partial charge in [0.15, 0.2) is 0 Å². The summed E-state index contributed by atoms with van der Waals surface area (Å²) in [6.45, 7) is 0. The number of nitrogens with one attached hydrogen (secondary N) is 1. The Labute approximate surface area is 246 Å². The number of nitrogens with zero attached hydrogens (tertiary/aromatic N) is 4. The molecule has 3 N–H and O–H groups in total. The Hall–Kier alpha value is -6.07. The first-order valence-electron chi connectivity index (χ1n) is 12.4. The van der Waals surface area contributed by atoms with Gasteiger partial charge in [-0.25, -0.2) is 0 Å². The molecule has 4 aromatic rings. The zero-order valence-corrected chi connectivity index (χ0v) is 23.0. The molecule has 0 radical (unpaired) electrons. The Bertz CT molecular complexity index is 2070. The van der Waals surface area contributed by atoms with Crippen molar-refractivity contribution in [3.05, 3.63) is 129 Å². The lowest BCUT2D eigenvalue weighted by Gasteiger charge is -2.25. The lowest BCUT2D eigenvalue weighted by atomic mass is 9.83. The summed E-state index contributed by atoms with van der Waals surface area (Å²) in [7, 11) is 1.49. The molecule has 1 unspecified atom stereocenters. The summed E-state index contributed by atoms with van der Waals surface area (Å²) in [5.41, 5.74) is 6.06. The predicted molar refractivity (Wildman–Crippen MR) is 158 cm³/mol. The van der Waals surface area contributed by atoms with Crippen LogP contribution in [0.15, 0.2) is 83.2 Å². The van der Waals surface area contributed by atoms with E-state index in [2.05, 4.69) is 5.32 Å². The summed E-state index contributed by atoms with van der Waals surface area (Å²) in [5, 5.41) is 35.8. The Kier molecular flexibility index (Phi) is 7.56. The van der Waals surface area contributed by atoms with Gasteiger partial charge in [0, 0.05) is 30.0 Å². The molecule has 0 saturated heterocycles. The first kappa shape index (κ1) is 28.5. The maximum atomic E-state index is 14.0. The van der Waals surface area contributed by atoms with Crippen LogP contribution in [-0.4, -0.2) is 27.4 Å². The molecular weight excluding hydrogens is 576 g/mol. The number of ether oxygens (including phenoxy) is 1. The van der Waals surface area contributed by atoms with Gasteiger partial charge >= 0.3 is 0 Å². The molecule has 214 valence electrons. The van der Waals surface area contributed by atoms with Crippen LogP contribution < -0.4 is 30.5 Å². The number of nitro benzene ring substituents is 2. The minimum absolute atomic E-state index is 0.0390. The summed E-state index contributed by atoms with van der Waals surface area (Å²) in [4.78, 5) is 49.3. The average molecular weight is 597 g/mol. The molecule has 0 spiro atoms. The van der Waals surface area contributed by atoms with Gasteiger partial charge in [0.25, 0.3) is 22.8 Å².